The van der Waals surface area contributed by atoms with E-state index in [1.54, 1.807) is 0 Å². The molecule has 1 heterocycles. The molecular weight excluding hydrogens is 255 g/mol. The summed E-state index contributed by atoms with van der Waals surface area (Å²) in [4.78, 5) is 14.7. The number of halogens is 3. The summed E-state index contributed by atoms with van der Waals surface area (Å²) in [5, 5.41) is 9.54. The Hall–Kier alpha value is -1.99. The highest BCUT2D eigenvalue weighted by atomic mass is 19.4. The van der Waals surface area contributed by atoms with E-state index < -0.39 is 29.5 Å². The molecule has 18 heavy (non-hydrogen) atoms. The molecule has 0 atom stereocenters. The summed E-state index contributed by atoms with van der Waals surface area (Å²) in [6.07, 6.45) is -4.03. The van der Waals surface area contributed by atoms with Crippen molar-refractivity contribution in [1.82, 2.24) is 4.98 Å². The zero-order valence-electron chi connectivity index (χ0n) is 9.54. The van der Waals surface area contributed by atoms with Gasteiger partial charge in [-0.15, -0.1) is 13.2 Å². The SMILES string of the molecule is CCOC(=O)c1c(C)cnc(OC(F)(F)F)c1O. The summed E-state index contributed by atoms with van der Waals surface area (Å²) < 4.78 is 44.1. The Labute approximate surface area is 100 Å². The molecule has 0 saturated carbocycles. The maximum atomic E-state index is 12.0. The van der Waals surface area contributed by atoms with E-state index in [2.05, 4.69) is 14.5 Å². The number of ether oxygens (including phenoxy) is 2. The zero-order valence-corrected chi connectivity index (χ0v) is 9.54. The fourth-order valence-electron chi connectivity index (χ4n) is 1.22. The Balaban J connectivity index is 3.18. The Morgan fingerprint density at radius 1 is 1.50 bits per heavy atom. The number of esters is 1. The van der Waals surface area contributed by atoms with Crippen LogP contribution in [-0.4, -0.2) is 29.0 Å². The zero-order chi connectivity index (χ0) is 13.9. The standard InChI is InChI=1S/C10H10F3NO4/c1-3-17-9(16)6-5(2)4-14-8(7(6)15)18-10(11,12)13/h4,15H,3H2,1-2H3. The molecule has 100 valence electrons. The smallest absolute Gasteiger partial charge is 0.502 e. The van der Waals surface area contributed by atoms with Gasteiger partial charge in [-0.2, -0.15) is 0 Å². The Kier molecular flexibility index (Phi) is 4.00. The Bertz CT molecular complexity index is 459. The van der Waals surface area contributed by atoms with Crippen LogP contribution in [0.3, 0.4) is 0 Å². The number of carbonyl (C=O) groups excluding carboxylic acids is 1. The van der Waals surface area contributed by atoms with Crippen LogP contribution in [0.15, 0.2) is 6.20 Å². The lowest BCUT2D eigenvalue weighted by atomic mass is 10.1. The van der Waals surface area contributed by atoms with Crippen LogP contribution in [0.2, 0.25) is 0 Å². The van der Waals surface area contributed by atoms with Gasteiger partial charge in [0.25, 0.3) is 5.88 Å². The van der Waals surface area contributed by atoms with Crippen LogP contribution in [0.25, 0.3) is 0 Å². The third-order valence-electron chi connectivity index (χ3n) is 1.90. The minimum absolute atomic E-state index is 0.0233. The maximum absolute atomic E-state index is 12.0. The number of alkyl halides is 3. The van der Waals surface area contributed by atoms with Crippen molar-refractivity contribution >= 4 is 5.97 Å². The van der Waals surface area contributed by atoms with E-state index in [1.807, 2.05) is 0 Å². The van der Waals surface area contributed by atoms with Crippen LogP contribution in [0.5, 0.6) is 11.6 Å². The van der Waals surface area contributed by atoms with E-state index in [4.69, 9.17) is 0 Å². The lowest BCUT2D eigenvalue weighted by molar-refractivity contribution is -0.276. The van der Waals surface area contributed by atoms with Crippen molar-refractivity contribution in [2.24, 2.45) is 0 Å². The van der Waals surface area contributed by atoms with Crippen LogP contribution in [0.4, 0.5) is 13.2 Å². The predicted octanol–water partition coefficient (Wildman–Crippen LogP) is 2.17. The highest BCUT2D eigenvalue weighted by Crippen LogP contribution is 2.33. The highest BCUT2D eigenvalue weighted by molar-refractivity contribution is 5.94. The van der Waals surface area contributed by atoms with Gasteiger partial charge in [0.15, 0.2) is 5.75 Å². The first-order valence-electron chi connectivity index (χ1n) is 4.87. The first kappa shape index (κ1) is 14.1. The van der Waals surface area contributed by atoms with Crippen molar-refractivity contribution in [2.45, 2.75) is 20.2 Å². The second-order valence-electron chi connectivity index (χ2n) is 3.24. The molecule has 0 saturated heterocycles. The van der Waals surface area contributed by atoms with Crippen molar-refractivity contribution in [3.05, 3.63) is 17.3 Å². The van der Waals surface area contributed by atoms with E-state index in [-0.39, 0.29) is 12.2 Å². The number of hydrogen-bond acceptors (Lipinski definition) is 5. The van der Waals surface area contributed by atoms with E-state index in [0.29, 0.717) is 0 Å². The molecule has 1 aromatic heterocycles. The molecule has 0 aliphatic rings. The fourth-order valence-corrected chi connectivity index (χ4v) is 1.22. The van der Waals surface area contributed by atoms with Crippen molar-refractivity contribution in [3.63, 3.8) is 0 Å². The molecule has 0 unspecified atom stereocenters. The van der Waals surface area contributed by atoms with Gasteiger partial charge in [0.2, 0.25) is 0 Å². The van der Waals surface area contributed by atoms with Gasteiger partial charge in [-0.05, 0) is 19.4 Å². The normalized spacial score (nSPS) is 11.2. The molecule has 0 aliphatic heterocycles. The van der Waals surface area contributed by atoms with Gasteiger partial charge in [0.05, 0.1) is 6.61 Å². The van der Waals surface area contributed by atoms with Crippen LogP contribution in [-0.2, 0) is 4.74 Å². The molecule has 0 fully saturated rings. The van der Waals surface area contributed by atoms with Gasteiger partial charge >= 0.3 is 12.3 Å². The molecular formula is C10H10F3NO4. The number of aromatic hydroxyl groups is 1. The molecule has 5 nitrogen and oxygen atoms in total. The number of rotatable bonds is 3. The van der Waals surface area contributed by atoms with Crippen molar-refractivity contribution in [2.75, 3.05) is 6.61 Å². The third kappa shape index (κ3) is 3.25. The van der Waals surface area contributed by atoms with E-state index in [9.17, 15) is 23.1 Å². The monoisotopic (exact) mass is 265 g/mol. The number of aryl methyl sites for hydroxylation is 1. The first-order chi connectivity index (χ1) is 8.26. The molecule has 1 rings (SSSR count). The summed E-state index contributed by atoms with van der Waals surface area (Å²) in [6, 6.07) is 0. The average Bonchev–Trinajstić information content (AvgIpc) is 2.21. The quantitative estimate of drug-likeness (QED) is 0.848. The molecule has 1 aromatic rings. The van der Waals surface area contributed by atoms with Crippen LogP contribution >= 0.6 is 0 Å². The van der Waals surface area contributed by atoms with Crippen molar-refractivity contribution in [3.8, 4) is 11.6 Å². The topological polar surface area (TPSA) is 68.7 Å². The summed E-state index contributed by atoms with van der Waals surface area (Å²) in [7, 11) is 0. The second-order valence-corrected chi connectivity index (χ2v) is 3.24. The van der Waals surface area contributed by atoms with Crippen molar-refractivity contribution in [1.29, 1.82) is 0 Å². The Morgan fingerprint density at radius 2 is 2.11 bits per heavy atom. The van der Waals surface area contributed by atoms with Gasteiger partial charge in [0.1, 0.15) is 5.56 Å². The molecule has 1 N–H and O–H groups in total. The van der Waals surface area contributed by atoms with E-state index in [1.165, 1.54) is 13.8 Å². The summed E-state index contributed by atoms with van der Waals surface area (Å²) in [6.45, 7) is 2.95. The first-order valence-corrected chi connectivity index (χ1v) is 4.87. The second kappa shape index (κ2) is 5.11. The minimum atomic E-state index is -5.01. The number of hydrogen-bond donors (Lipinski definition) is 1. The van der Waals surface area contributed by atoms with Gasteiger partial charge < -0.3 is 14.6 Å². The van der Waals surface area contributed by atoms with Crippen molar-refractivity contribution < 1.29 is 32.5 Å². The van der Waals surface area contributed by atoms with Crippen LogP contribution < -0.4 is 4.74 Å². The van der Waals surface area contributed by atoms with Gasteiger partial charge in [-0.1, -0.05) is 0 Å². The lowest BCUT2D eigenvalue weighted by Crippen LogP contribution is -2.19. The van der Waals surface area contributed by atoms with Crippen LogP contribution in [0, 0.1) is 6.92 Å². The van der Waals surface area contributed by atoms with E-state index in [0.717, 1.165) is 6.20 Å². The fraction of sp³-hybridized carbons (Fsp3) is 0.400. The summed E-state index contributed by atoms with van der Waals surface area (Å²) in [5.41, 5.74) is -0.216. The molecule has 0 bridgehead atoms. The van der Waals surface area contributed by atoms with Gasteiger partial charge in [-0.3, -0.25) is 0 Å². The summed E-state index contributed by atoms with van der Waals surface area (Å²) >= 11 is 0. The lowest BCUT2D eigenvalue weighted by Gasteiger charge is -2.12. The van der Waals surface area contributed by atoms with E-state index >= 15 is 0 Å². The number of nitrogens with zero attached hydrogens (tertiary/aromatic N) is 1. The Morgan fingerprint density at radius 3 is 2.61 bits per heavy atom. The minimum Gasteiger partial charge on any atom is -0.502 e. The molecule has 0 radical (unpaired) electrons. The molecule has 0 amide bonds. The summed E-state index contributed by atoms with van der Waals surface area (Å²) in [5.74, 6) is -3.02. The van der Waals surface area contributed by atoms with Crippen LogP contribution in [0.1, 0.15) is 22.8 Å². The van der Waals surface area contributed by atoms with Gasteiger partial charge in [0, 0.05) is 6.20 Å². The predicted molar refractivity (Wildman–Crippen MR) is 53.3 cm³/mol. The molecule has 0 spiro atoms. The largest absolute Gasteiger partial charge is 0.574 e. The molecule has 8 heteroatoms. The molecule has 0 aliphatic carbocycles. The third-order valence-corrected chi connectivity index (χ3v) is 1.90. The highest BCUT2D eigenvalue weighted by Gasteiger charge is 2.34. The van der Waals surface area contributed by atoms with Gasteiger partial charge in [-0.25, -0.2) is 9.78 Å². The number of aromatic nitrogens is 1. The number of pyridine rings is 1. The average molecular weight is 265 g/mol. The molecule has 0 aromatic carbocycles. The number of carbonyl (C=O) groups is 1. The maximum Gasteiger partial charge on any atom is 0.574 e.